The van der Waals surface area contributed by atoms with Crippen molar-refractivity contribution >= 4 is 5.91 Å². The highest BCUT2D eigenvalue weighted by atomic mass is 16.7. The lowest BCUT2D eigenvalue weighted by Crippen LogP contribution is -2.39. The maximum atomic E-state index is 11.6. The molecule has 2 unspecified atom stereocenters. The van der Waals surface area contributed by atoms with E-state index in [2.05, 4.69) is 10.6 Å². The molecule has 16 heavy (non-hydrogen) atoms. The van der Waals surface area contributed by atoms with E-state index in [0.717, 1.165) is 0 Å². The standard InChI is InChI=1S/C11H22N2O3/c1-8(5-12-4)10(14)13-6-9-7-15-11(2,3)16-9/h8-9,12H,5-7H2,1-4H3,(H,13,14). The highest BCUT2D eigenvalue weighted by Crippen LogP contribution is 2.21. The van der Waals surface area contributed by atoms with Gasteiger partial charge in [-0.05, 0) is 20.9 Å². The van der Waals surface area contributed by atoms with Crippen LogP contribution >= 0.6 is 0 Å². The van der Waals surface area contributed by atoms with Gasteiger partial charge in [-0.15, -0.1) is 0 Å². The summed E-state index contributed by atoms with van der Waals surface area (Å²) in [6.07, 6.45) is -0.0410. The molecule has 0 radical (unpaired) electrons. The minimum atomic E-state index is -0.522. The van der Waals surface area contributed by atoms with E-state index >= 15 is 0 Å². The van der Waals surface area contributed by atoms with Crippen LogP contribution in [0.15, 0.2) is 0 Å². The van der Waals surface area contributed by atoms with Crippen LogP contribution in [0.5, 0.6) is 0 Å². The van der Waals surface area contributed by atoms with E-state index in [0.29, 0.717) is 19.7 Å². The molecule has 0 spiro atoms. The second-order valence-corrected chi connectivity index (χ2v) is 4.65. The average molecular weight is 230 g/mol. The van der Waals surface area contributed by atoms with Crippen LogP contribution in [0.25, 0.3) is 0 Å². The molecule has 1 amide bonds. The normalized spacial score (nSPS) is 25.4. The van der Waals surface area contributed by atoms with Crippen LogP contribution in [0.3, 0.4) is 0 Å². The zero-order chi connectivity index (χ0) is 12.2. The number of carbonyl (C=O) groups is 1. The lowest BCUT2D eigenvalue weighted by molar-refractivity contribution is -0.139. The van der Waals surface area contributed by atoms with Gasteiger partial charge in [0.1, 0.15) is 6.10 Å². The molecule has 1 heterocycles. The van der Waals surface area contributed by atoms with Gasteiger partial charge in [-0.25, -0.2) is 0 Å². The van der Waals surface area contributed by atoms with Crippen molar-refractivity contribution in [3.8, 4) is 0 Å². The van der Waals surface area contributed by atoms with E-state index in [1.54, 1.807) is 0 Å². The summed E-state index contributed by atoms with van der Waals surface area (Å²) in [5.41, 5.74) is 0. The number of hydrogen-bond donors (Lipinski definition) is 2. The van der Waals surface area contributed by atoms with E-state index in [9.17, 15) is 4.79 Å². The van der Waals surface area contributed by atoms with Crippen molar-refractivity contribution in [3.05, 3.63) is 0 Å². The number of nitrogens with one attached hydrogen (secondary N) is 2. The van der Waals surface area contributed by atoms with Crippen LogP contribution in [0, 0.1) is 5.92 Å². The van der Waals surface area contributed by atoms with E-state index < -0.39 is 5.79 Å². The lowest BCUT2D eigenvalue weighted by Gasteiger charge is -2.18. The summed E-state index contributed by atoms with van der Waals surface area (Å²) in [5, 5.41) is 5.84. The first-order chi connectivity index (χ1) is 7.44. The van der Waals surface area contributed by atoms with Gasteiger partial charge in [0.25, 0.3) is 0 Å². The Bertz CT molecular complexity index is 243. The molecule has 2 N–H and O–H groups in total. The Morgan fingerprint density at radius 3 is 2.75 bits per heavy atom. The molecule has 0 aliphatic carbocycles. The fourth-order valence-corrected chi connectivity index (χ4v) is 1.65. The van der Waals surface area contributed by atoms with Crippen molar-refractivity contribution in [3.63, 3.8) is 0 Å². The monoisotopic (exact) mass is 230 g/mol. The third-order valence-electron chi connectivity index (χ3n) is 2.53. The van der Waals surface area contributed by atoms with Crippen molar-refractivity contribution in [1.29, 1.82) is 0 Å². The Labute approximate surface area is 96.9 Å². The summed E-state index contributed by atoms with van der Waals surface area (Å²) in [4.78, 5) is 11.6. The van der Waals surface area contributed by atoms with Crippen LogP contribution in [-0.2, 0) is 14.3 Å². The number of amides is 1. The Balaban J connectivity index is 2.22. The number of rotatable bonds is 5. The Kier molecular flexibility index (Phi) is 4.70. The molecule has 0 bridgehead atoms. The van der Waals surface area contributed by atoms with E-state index in [1.807, 2.05) is 27.8 Å². The van der Waals surface area contributed by atoms with Crippen molar-refractivity contribution in [1.82, 2.24) is 10.6 Å². The van der Waals surface area contributed by atoms with Crippen LogP contribution in [-0.4, -0.2) is 44.5 Å². The third-order valence-corrected chi connectivity index (χ3v) is 2.53. The maximum Gasteiger partial charge on any atom is 0.224 e. The minimum absolute atomic E-state index is 0.0275. The SMILES string of the molecule is CNCC(C)C(=O)NCC1COC(C)(C)O1. The van der Waals surface area contributed by atoms with Crippen LogP contribution in [0.1, 0.15) is 20.8 Å². The molecule has 1 aliphatic heterocycles. The highest BCUT2D eigenvalue weighted by Gasteiger charge is 2.32. The van der Waals surface area contributed by atoms with Gasteiger partial charge in [0.15, 0.2) is 5.79 Å². The quantitative estimate of drug-likeness (QED) is 0.704. The fourth-order valence-electron chi connectivity index (χ4n) is 1.65. The topological polar surface area (TPSA) is 59.6 Å². The van der Waals surface area contributed by atoms with Crippen LogP contribution < -0.4 is 10.6 Å². The lowest BCUT2D eigenvalue weighted by atomic mass is 10.1. The molecule has 0 aromatic heterocycles. The van der Waals surface area contributed by atoms with Gasteiger partial charge in [0, 0.05) is 19.0 Å². The van der Waals surface area contributed by atoms with E-state index in [4.69, 9.17) is 9.47 Å². The summed E-state index contributed by atoms with van der Waals surface area (Å²) < 4.78 is 11.0. The Morgan fingerprint density at radius 2 is 2.25 bits per heavy atom. The fraction of sp³-hybridized carbons (Fsp3) is 0.909. The molecule has 5 nitrogen and oxygen atoms in total. The number of carbonyl (C=O) groups excluding carboxylic acids is 1. The molecular weight excluding hydrogens is 208 g/mol. The maximum absolute atomic E-state index is 11.6. The van der Waals surface area contributed by atoms with Crippen molar-refractivity contribution in [2.75, 3.05) is 26.7 Å². The van der Waals surface area contributed by atoms with Crippen molar-refractivity contribution in [2.24, 2.45) is 5.92 Å². The highest BCUT2D eigenvalue weighted by molar-refractivity contribution is 5.78. The molecule has 0 saturated carbocycles. The second-order valence-electron chi connectivity index (χ2n) is 4.65. The average Bonchev–Trinajstić information content (AvgIpc) is 2.55. The van der Waals surface area contributed by atoms with Crippen LogP contribution in [0.2, 0.25) is 0 Å². The predicted octanol–water partition coefficient (Wildman–Crippen LogP) is 0.110. The van der Waals surface area contributed by atoms with Gasteiger partial charge in [-0.3, -0.25) is 4.79 Å². The minimum Gasteiger partial charge on any atom is -0.353 e. The van der Waals surface area contributed by atoms with Crippen molar-refractivity contribution in [2.45, 2.75) is 32.7 Å². The predicted molar refractivity (Wildman–Crippen MR) is 61.0 cm³/mol. The van der Waals surface area contributed by atoms with Crippen LogP contribution in [0.4, 0.5) is 0 Å². The Hall–Kier alpha value is -0.650. The van der Waals surface area contributed by atoms with Gasteiger partial charge in [-0.1, -0.05) is 6.92 Å². The molecular formula is C11H22N2O3. The molecule has 5 heteroatoms. The molecule has 0 aromatic rings. The zero-order valence-electron chi connectivity index (χ0n) is 10.5. The largest absolute Gasteiger partial charge is 0.353 e. The molecule has 2 atom stereocenters. The molecule has 94 valence electrons. The Morgan fingerprint density at radius 1 is 1.56 bits per heavy atom. The van der Waals surface area contributed by atoms with E-state index in [-0.39, 0.29) is 17.9 Å². The summed E-state index contributed by atoms with van der Waals surface area (Å²) in [7, 11) is 1.83. The van der Waals surface area contributed by atoms with E-state index in [1.165, 1.54) is 0 Å². The first-order valence-corrected chi connectivity index (χ1v) is 5.68. The molecule has 1 aliphatic rings. The smallest absolute Gasteiger partial charge is 0.224 e. The summed E-state index contributed by atoms with van der Waals surface area (Å²) in [5.74, 6) is -0.505. The molecule has 1 rings (SSSR count). The van der Waals surface area contributed by atoms with Crippen molar-refractivity contribution < 1.29 is 14.3 Å². The number of hydrogen-bond acceptors (Lipinski definition) is 4. The first-order valence-electron chi connectivity index (χ1n) is 5.68. The zero-order valence-corrected chi connectivity index (χ0v) is 10.5. The number of ether oxygens (including phenoxy) is 2. The summed E-state index contributed by atoms with van der Waals surface area (Å²) >= 11 is 0. The summed E-state index contributed by atoms with van der Waals surface area (Å²) in [6.45, 7) is 7.36. The third kappa shape index (κ3) is 4.08. The second kappa shape index (κ2) is 5.61. The van der Waals surface area contributed by atoms with Gasteiger partial charge in [-0.2, -0.15) is 0 Å². The molecule has 1 saturated heterocycles. The summed E-state index contributed by atoms with van der Waals surface area (Å²) in [6, 6.07) is 0. The van der Waals surface area contributed by atoms with Gasteiger partial charge >= 0.3 is 0 Å². The first kappa shape index (κ1) is 13.4. The molecule has 0 aromatic carbocycles. The molecule has 1 fully saturated rings. The van der Waals surface area contributed by atoms with Gasteiger partial charge in [0.2, 0.25) is 5.91 Å². The van der Waals surface area contributed by atoms with Gasteiger partial charge in [0.05, 0.1) is 6.61 Å². The van der Waals surface area contributed by atoms with Gasteiger partial charge < -0.3 is 20.1 Å².